The first-order valence-electron chi connectivity index (χ1n) is 11.8. The molecule has 1 atom stereocenters. The summed E-state index contributed by atoms with van der Waals surface area (Å²) in [5.74, 6) is -0.0191. The summed E-state index contributed by atoms with van der Waals surface area (Å²) in [6.45, 7) is 7.05. The maximum atomic E-state index is 13.9. The molecule has 0 saturated carbocycles. The third kappa shape index (κ3) is 3.80. The van der Waals surface area contributed by atoms with Crippen LogP contribution in [-0.4, -0.2) is 50.1 Å². The summed E-state index contributed by atoms with van der Waals surface area (Å²) in [5, 5.41) is 0. The van der Waals surface area contributed by atoms with E-state index in [-0.39, 0.29) is 11.7 Å². The highest BCUT2D eigenvalue weighted by atomic mass is 19.1. The predicted octanol–water partition coefficient (Wildman–Crippen LogP) is 4.69. The fourth-order valence-corrected chi connectivity index (χ4v) is 5.45. The summed E-state index contributed by atoms with van der Waals surface area (Å²) in [7, 11) is 0. The number of nitrogens with zero attached hydrogens (tertiary/aromatic N) is 3. The molecule has 5 heteroatoms. The lowest BCUT2D eigenvalue weighted by Gasteiger charge is -2.38. The molecule has 1 saturated heterocycles. The zero-order chi connectivity index (χ0) is 22.8. The highest BCUT2D eigenvalue weighted by Gasteiger charge is 2.51. The molecule has 2 aliphatic rings. The van der Waals surface area contributed by atoms with Gasteiger partial charge in [-0.15, -0.1) is 0 Å². The Balaban J connectivity index is 1.38. The first-order chi connectivity index (χ1) is 16.1. The Morgan fingerprint density at radius 3 is 2.33 bits per heavy atom. The van der Waals surface area contributed by atoms with E-state index in [1.54, 1.807) is 12.1 Å². The van der Waals surface area contributed by atoms with E-state index in [9.17, 15) is 9.18 Å². The van der Waals surface area contributed by atoms with Crippen LogP contribution in [0.15, 0.2) is 78.9 Å². The minimum Gasteiger partial charge on any atom is -0.369 e. The fraction of sp³-hybridized carbons (Fsp3) is 0.321. The molecular formula is C28H30FN3O. The molecule has 0 N–H and O–H groups in total. The number of carbonyl (C=O) groups excluding carboxylic acids is 1. The Hall–Kier alpha value is -3.18. The molecule has 0 spiro atoms. The van der Waals surface area contributed by atoms with Crippen molar-refractivity contribution in [2.24, 2.45) is 0 Å². The summed E-state index contributed by atoms with van der Waals surface area (Å²) in [6.07, 6.45) is 0.739. The number of anilines is 2. The monoisotopic (exact) mass is 443 g/mol. The van der Waals surface area contributed by atoms with Gasteiger partial charge in [0.1, 0.15) is 11.2 Å². The van der Waals surface area contributed by atoms with Crippen LogP contribution in [0.25, 0.3) is 0 Å². The highest BCUT2D eigenvalue weighted by Crippen LogP contribution is 2.48. The van der Waals surface area contributed by atoms with Crippen LogP contribution in [0.1, 0.15) is 24.5 Å². The van der Waals surface area contributed by atoms with Crippen molar-refractivity contribution in [2.45, 2.75) is 18.8 Å². The van der Waals surface area contributed by atoms with E-state index >= 15 is 0 Å². The van der Waals surface area contributed by atoms with Crippen molar-refractivity contribution in [1.29, 1.82) is 0 Å². The molecule has 33 heavy (non-hydrogen) atoms. The van der Waals surface area contributed by atoms with Crippen molar-refractivity contribution in [3.8, 4) is 0 Å². The molecule has 0 bridgehead atoms. The van der Waals surface area contributed by atoms with Gasteiger partial charge in [-0.05, 0) is 55.3 Å². The molecule has 1 fully saturated rings. The predicted molar refractivity (Wildman–Crippen MR) is 131 cm³/mol. The number of amides is 1. The first-order valence-corrected chi connectivity index (χ1v) is 11.8. The molecule has 3 aromatic carbocycles. The third-order valence-electron chi connectivity index (χ3n) is 7.20. The first kappa shape index (κ1) is 21.7. The van der Waals surface area contributed by atoms with Crippen molar-refractivity contribution in [3.05, 3.63) is 95.8 Å². The number of halogens is 1. The molecule has 0 aliphatic carbocycles. The van der Waals surface area contributed by atoms with Crippen LogP contribution in [0.2, 0.25) is 0 Å². The number of para-hydroxylation sites is 1. The van der Waals surface area contributed by atoms with E-state index in [1.165, 1.54) is 6.07 Å². The van der Waals surface area contributed by atoms with Gasteiger partial charge in [0.25, 0.3) is 0 Å². The number of fused-ring (bicyclic) bond motifs is 1. The smallest absolute Gasteiger partial charge is 0.242 e. The molecule has 4 nitrogen and oxygen atoms in total. The van der Waals surface area contributed by atoms with Gasteiger partial charge in [0.05, 0.1) is 0 Å². The second-order valence-corrected chi connectivity index (χ2v) is 8.90. The second-order valence-electron chi connectivity index (χ2n) is 8.90. The quantitative estimate of drug-likeness (QED) is 0.553. The van der Waals surface area contributed by atoms with Crippen LogP contribution in [0, 0.1) is 5.82 Å². The lowest BCUT2D eigenvalue weighted by molar-refractivity contribution is -0.122. The van der Waals surface area contributed by atoms with Gasteiger partial charge in [-0.25, -0.2) is 4.39 Å². The van der Waals surface area contributed by atoms with Crippen LogP contribution in [0.4, 0.5) is 15.8 Å². The molecule has 170 valence electrons. The van der Waals surface area contributed by atoms with Crippen molar-refractivity contribution >= 4 is 17.3 Å². The van der Waals surface area contributed by atoms with Gasteiger partial charge < -0.3 is 9.80 Å². The maximum Gasteiger partial charge on any atom is 0.242 e. The van der Waals surface area contributed by atoms with E-state index in [2.05, 4.69) is 34.1 Å². The van der Waals surface area contributed by atoms with Crippen LogP contribution in [-0.2, 0) is 10.2 Å². The largest absolute Gasteiger partial charge is 0.369 e. The van der Waals surface area contributed by atoms with E-state index in [4.69, 9.17) is 0 Å². The summed E-state index contributed by atoms with van der Waals surface area (Å²) in [6, 6.07) is 25.3. The number of benzene rings is 3. The molecule has 0 aromatic heterocycles. The topological polar surface area (TPSA) is 26.8 Å². The molecule has 1 unspecified atom stereocenters. The van der Waals surface area contributed by atoms with Gasteiger partial charge in [-0.2, -0.15) is 0 Å². The van der Waals surface area contributed by atoms with Crippen LogP contribution < -0.4 is 9.80 Å². The van der Waals surface area contributed by atoms with E-state index < -0.39 is 5.41 Å². The number of hydrogen-bond acceptors (Lipinski definition) is 3. The number of likely N-dealkylation sites (N-methyl/N-ethyl adjacent to an activating group) is 1. The lowest BCUT2D eigenvalue weighted by Crippen LogP contribution is -2.49. The Morgan fingerprint density at radius 2 is 1.61 bits per heavy atom. The second kappa shape index (κ2) is 8.99. The number of rotatable bonds is 6. The normalized spacial score (nSPS) is 20.8. The van der Waals surface area contributed by atoms with Crippen LogP contribution >= 0.6 is 0 Å². The standard InChI is InChI=1S/C28H30FN3O/c1-2-32-26-14-7-6-13-25(26)28(27(32)33,22-9-4-3-5-10-22)15-16-30-17-19-31(20-18-30)24-12-8-11-23(29)21-24/h3-14,21H,2,15-20H2,1H3. The van der Waals surface area contributed by atoms with Crippen molar-refractivity contribution in [3.63, 3.8) is 0 Å². The average Bonchev–Trinajstić information content (AvgIpc) is 3.11. The van der Waals surface area contributed by atoms with E-state index in [0.29, 0.717) is 6.54 Å². The van der Waals surface area contributed by atoms with Crippen LogP contribution in [0.5, 0.6) is 0 Å². The lowest BCUT2D eigenvalue weighted by atomic mass is 9.72. The Morgan fingerprint density at radius 1 is 0.879 bits per heavy atom. The highest BCUT2D eigenvalue weighted by molar-refractivity contribution is 6.10. The Labute approximate surface area is 195 Å². The van der Waals surface area contributed by atoms with Crippen LogP contribution in [0.3, 0.4) is 0 Å². The molecule has 2 aliphatic heterocycles. The van der Waals surface area contributed by atoms with Crippen molar-refractivity contribution in [2.75, 3.05) is 49.1 Å². The van der Waals surface area contributed by atoms with Crippen molar-refractivity contribution < 1.29 is 9.18 Å². The Bertz CT molecular complexity index is 1130. The maximum absolute atomic E-state index is 13.9. The number of hydrogen-bond donors (Lipinski definition) is 0. The molecular weight excluding hydrogens is 413 g/mol. The third-order valence-corrected chi connectivity index (χ3v) is 7.20. The molecule has 1 amide bonds. The van der Waals surface area contributed by atoms with E-state index in [1.807, 2.05) is 48.2 Å². The summed E-state index contributed by atoms with van der Waals surface area (Å²) in [5.41, 5.74) is 3.49. The van der Waals surface area contributed by atoms with E-state index in [0.717, 1.165) is 61.6 Å². The van der Waals surface area contributed by atoms with Crippen molar-refractivity contribution in [1.82, 2.24) is 4.90 Å². The number of piperazine rings is 1. The van der Waals surface area contributed by atoms with Gasteiger partial charge in [0.15, 0.2) is 0 Å². The van der Waals surface area contributed by atoms with Gasteiger partial charge in [0, 0.05) is 44.1 Å². The Kier molecular flexibility index (Phi) is 5.90. The van der Waals surface area contributed by atoms with Gasteiger partial charge in [-0.3, -0.25) is 9.69 Å². The summed E-state index contributed by atoms with van der Waals surface area (Å²) in [4.78, 5) is 20.5. The zero-order valence-electron chi connectivity index (χ0n) is 19.1. The minimum absolute atomic E-state index is 0.177. The molecule has 0 radical (unpaired) electrons. The average molecular weight is 444 g/mol. The zero-order valence-corrected chi connectivity index (χ0v) is 19.1. The fourth-order valence-electron chi connectivity index (χ4n) is 5.45. The van der Waals surface area contributed by atoms with Gasteiger partial charge in [0.2, 0.25) is 5.91 Å². The molecule has 5 rings (SSSR count). The summed E-state index contributed by atoms with van der Waals surface area (Å²) < 4.78 is 13.6. The SMILES string of the molecule is CCN1C(=O)C(CCN2CCN(c3cccc(F)c3)CC2)(c2ccccc2)c2ccccc21. The summed E-state index contributed by atoms with van der Waals surface area (Å²) >= 11 is 0. The molecule has 2 heterocycles. The van der Waals surface area contributed by atoms with Gasteiger partial charge in [-0.1, -0.05) is 54.6 Å². The van der Waals surface area contributed by atoms with Gasteiger partial charge >= 0.3 is 0 Å². The number of carbonyl (C=O) groups is 1. The molecule has 3 aromatic rings. The minimum atomic E-state index is -0.659.